The number of fused-ring (bicyclic) bond motifs is 3. The molecule has 1 aromatic heterocycles. The molecule has 0 saturated carbocycles. The molecule has 2 aromatic carbocycles. The molecule has 0 bridgehead atoms. The second-order valence-corrected chi connectivity index (χ2v) is 10.4. The number of likely N-dealkylation sites (tertiary alicyclic amines) is 1. The summed E-state index contributed by atoms with van der Waals surface area (Å²) in [4.78, 5) is 6.88. The summed E-state index contributed by atoms with van der Waals surface area (Å²) in [6.07, 6.45) is -2.21. The lowest BCUT2D eigenvalue weighted by Gasteiger charge is -2.42. The standard InChI is InChI=1S/C28H32F5N3O/c1-16-9-21-20-5-2-3-6-24(20)34-27(21)28(36(16)14-19(30)15-37)25-22(31)10-17(11-23(25)32)26(33)18-12-35(13-18)8-4-7-29/h2-3,5-6,10-11,16,18-19,26,28,34,37H,4,7-9,12-15H2,1H3/t16-,19+,26+,28-/m1/s1. The van der Waals surface area contributed by atoms with Gasteiger partial charge in [-0.15, -0.1) is 0 Å². The van der Waals surface area contributed by atoms with Crippen LogP contribution in [0.4, 0.5) is 22.0 Å². The van der Waals surface area contributed by atoms with Gasteiger partial charge in [-0.05, 0) is 49.1 Å². The molecular formula is C28H32F5N3O. The maximum absolute atomic E-state index is 15.7. The van der Waals surface area contributed by atoms with Crippen LogP contribution in [-0.4, -0.2) is 71.6 Å². The lowest BCUT2D eigenvalue weighted by atomic mass is 9.85. The third-order valence-electron chi connectivity index (χ3n) is 7.82. The smallest absolute Gasteiger partial charge is 0.136 e. The number of rotatable bonds is 9. The molecule has 37 heavy (non-hydrogen) atoms. The number of nitrogens with one attached hydrogen (secondary N) is 1. The number of alkyl halides is 3. The first-order valence-corrected chi connectivity index (χ1v) is 12.8. The van der Waals surface area contributed by atoms with Crippen molar-refractivity contribution in [2.24, 2.45) is 5.92 Å². The highest BCUT2D eigenvalue weighted by Crippen LogP contribution is 2.43. The van der Waals surface area contributed by atoms with E-state index in [9.17, 15) is 13.9 Å². The van der Waals surface area contributed by atoms with Gasteiger partial charge in [0.15, 0.2) is 0 Å². The fraction of sp³-hybridized carbons (Fsp3) is 0.500. The summed E-state index contributed by atoms with van der Waals surface area (Å²) >= 11 is 0. The molecule has 3 aromatic rings. The lowest BCUT2D eigenvalue weighted by Crippen LogP contribution is -2.48. The summed E-state index contributed by atoms with van der Waals surface area (Å²) in [6, 6.07) is 8.43. The molecule has 2 aliphatic heterocycles. The lowest BCUT2D eigenvalue weighted by molar-refractivity contribution is 0.0360. The molecule has 4 atom stereocenters. The molecule has 0 radical (unpaired) electrons. The van der Waals surface area contributed by atoms with Crippen LogP contribution in [0.5, 0.6) is 0 Å². The molecule has 0 aliphatic carbocycles. The quantitative estimate of drug-likeness (QED) is 0.370. The van der Waals surface area contributed by atoms with Crippen molar-refractivity contribution in [1.29, 1.82) is 0 Å². The van der Waals surface area contributed by atoms with Gasteiger partial charge in [0, 0.05) is 60.3 Å². The Labute approximate surface area is 213 Å². The van der Waals surface area contributed by atoms with Crippen LogP contribution in [-0.2, 0) is 6.42 Å². The Morgan fingerprint density at radius 2 is 1.81 bits per heavy atom. The van der Waals surface area contributed by atoms with E-state index in [0.717, 1.165) is 28.6 Å². The second-order valence-electron chi connectivity index (χ2n) is 10.4. The average molecular weight is 522 g/mol. The zero-order valence-electron chi connectivity index (χ0n) is 20.7. The Morgan fingerprint density at radius 3 is 2.49 bits per heavy atom. The molecule has 3 heterocycles. The Morgan fingerprint density at radius 1 is 1.11 bits per heavy atom. The fourth-order valence-electron chi connectivity index (χ4n) is 5.95. The van der Waals surface area contributed by atoms with E-state index in [2.05, 4.69) is 4.98 Å². The van der Waals surface area contributed by atoms with Crippen LogP contribution in [0.3, 0.4) is 0 Å². The molecule has 9 heteroatoms. The number of aromatic nitrogens is 1. The Kier molecular flexibility index (Phi) is 7.56. The van der Waals surface area contributed by atoms with Crippen LogP contribution < -0.4 is 0 Å². The Balaban J connectivity index is 1.51. The molecule has 200 valence electrons. The number of nitrogens with zero attached hydrogens (tertiary/aromatic N) is 2. The van der Waals surface area contributed by atoms with Gasteiger partial charge in [-0.25, -0.2) is 17.6 Å². The predicted octanol–water partition coefficient (Wildman–Crippen LogP) is 5.41. The molecule has 0 spiro atoms. The number of aliphatic hydroxyl groups excluding tert-OH is 1. The normalized spacial score (nSPS) is 22.7. The van der Waals surface area contributed by atoms with Crippen molar-refractivity contribution in [3.05, 3.63) is 70.4 Å². The topological polar surface area (TPSA) is 42.5 Å². The summed E-state index contributed by atoms with van der Waals surface area (Å²) in [5, 5.41) is 10.3. The zero-order valence-corrected chi connectivity index (χ0v) is 20.7. The minimum atomic E-state index is -1.59. The number of aromatic amines is 1. The third-order valence-corrected chi connectivity index (χ3v) is 7.82. The molecule has 1 saturated heterocycles. The van der Waals surface area contributed by atoms with E-state index in [1.807, 2.05) is 36.1 Å². The number of H-pyrrole nitrogens is 1. The van der Waals surface area contributed by atoms with E-state index in [1.165, 1.54) is 0 Å². The molecule has 0 amide bonds. The van der Waals surface area contributed by atoms with Gasteiger partial charge in [0.05, 0.1) is 19.3 Å². The summed E-state index contributed by atoms with van der Waals surface area (Å²) < 4.78 is 73.4. The van der Waals surface area contributed by atoms with Crippen LogP contribution in [0, 0.1) is 17.6 Å². The van der Waals surface area contributed by atoms with E-state index < -0.39 is 49.2 Å². The first-order valence-electron chi connectivity index (χ1n) is 12.8. The molecular weight excluding hydrogens is 489 g/mol. The number of benzene rings is 2. The molecule has 2 N–H and O–H groups in total. The van der Waals surface area contributed by atoms with Gasteiger partial charge in [0.2, 0.25) is 0 Å². The first-order chi connectivity index (χ1) is 17.8. The second kappa shape index (κ2) is 10.7. The SMILES string of the molecule is C[C@@H]1Cc2c([nH]c3ccccc23)[C@@H](c2c(F)cc([C@H](F)C3CN(CCCF)C3)cc2F)N1C[C@H](F)CO. The molecule has 2 aliphatic rings. The van der Waals surface area contributed by atoms with Crippen LogP contribution in [0.25, 0.3) is 10.9 Å². The van der Waals surface area contributed by atoms with Crippen LogP contribution >= 0.6 is 0 Å². The van der Waals surface area contributed by atoms with Crippen LogP contribution in [0.1, 0.15) is 47.9 Å². The van der Waals surface area contributed by atoms with Gasteiger partial charge in [-0.2, -0.15) is 0 Å². The van der Waals surface area contributed by atoms with Gasteiger partial charge >= 0.3 is 0 Å². The predicted molar refractivity (Wildman–Crippen MR) is 133 cm³/mol. The van der Waals surface area contributed by atoms with Crippen molar-refractivity contribution in [3.8, 4) is 0 Å². The van der Waals surface area contributed by atoms with E-state index in [0.29, 0.717) is 38.2 Å². The van der Waals surface area contributed by atoms with Gasteiger partial charge < -0.3 is 15.0 Å². The summed E-state index contributed by atoms with van der Waals surface area (Å²) in [5.74, 6) is -2.19. The largest absolute Gasteiger partial charge is 0.393 e. The highest BCUT2D eigenvalue weighted by molar-refractivity contribution is 5.85. The van der Waals surface area contributed by atoms with Crippen molar-refractivity contribution >= 4 is 10.9 Å². The summed E-state index contributed by atoms with van der Waals surface area (Å²) in [5.41, 5.74) is 1.97. The van der Waals surface area contributed by atoms with Crippen LogP contribution in [0.15, 0.2) is 36.4 Å². The van der Waals surface area contributed by atoms with E-state index >= 15 is 13.2 Å². The summed E-state index contributed by atoms with van der Waals surface area (Å²) in [6.45, 7) is 1.89. The minimum absolute atomic E-state index is 0.0695. The highest BCUT2D eigenvalue weighted by Gasteiger charge is 2.41. The maximum atomic E-state index is 15.7. The van der Waals surface area contributed by atoms with Gasteiger partial charge in [0.1, 0.15) is 24.0 Å². The number of halogens is 5. The fourth-order valence-corrected chi connectivity index (χ4v) is 5.95. The van der Waals surface area contributed by atoms with Gasteiger partial charge in [-0.1, -0.05) is 18.2 Å². The monoisotopic (exact) mass is 521 g/mol. The molecule has 0 unspecified atom stereocenters. The van der Waals surface area contributed by atoms with Gasteiger partial charge in [-0.3, -0.25) is 9.29 Å². The number of hydrogen-bond acceptors (Lipinski definition) is 3. The number of aliphatic hydroxyl groups is 1. The van der Waals surface area contributed by atoms with Crippen LogP contribution in [0.2, 0.25) is 0 Å². The van der Waals surface area contributed by atoms with Crippen molar-refractivity contribution < 1.29 is 27.1 Å². The zero-order chi connectivity index (χ0) is 26.3. The van der Waals surface area contributed by atoms with Crippen molar-refractivity contribution in [2.75, 3.05) is 39.5 Å². The van der Waals surface area contributed by atoms with Gasteiger partial charge in [0.25, 0.3) is 0 Å². The van der Waals surface area contributed by atoms with Crippen molar-refractivity contribution in [2.45, 2.75) is 44.2 Å². The molecule has 4 nitrogen and oxygen atoms in total. The first kappa shape index (κ1) is 26.1. The summed E-state index contributed by atoms with van der Waals surface area (Å²) in [7, 11) is 0. The van der Waals surface area contributed by atoms with Crippen molar-refractivity contribution in [1.82, 2.24) is 14.8 Å². The Hall–Kier alpha value is -2.49. The van der Waals surface area contributed by atoms with E-state index in [-0.39, 0.29) is 23.7 Å². The van der Waals surface area contributed by atoms with E-state index in [4.69, 9.17) is 0 Å². The van der Waals surface area contributed by atoms with Crippen molar-refractivity contribution in [3.63, 3.8) is 0 Å². The average Bonchev–Trinajstić information content (AvgIpc) is 3.22. The Bertz CT molecular complexity index is 1220. The minimum Gasteiger partial charge on any atom is -0.393 e. The molecule has 1 fully saturated rings. The highest BCUT2D eigenvalue weighted by atomic mass is 19.1. The number of para-hydroxylation sites is 1. The third kappa shape index (κ3) is 4.89. The maximum Gasteiger partial charge on any atom is 0.136 e. The molecule has 5 rings (SSSR count). The number of hydrogen-bond donors (Lipinski definition) is 2. The van der Waals surface area contributed by atoms with E-state index in [1.54, 1.807) is 4.90 Å².